The number of sulfonamides is 1. The maximum Gasteiger partial charge on any atom is 0.342 e. The number of hydrogen-bond acceptors (Lipinski definition) is 7. The molecule has 0 bridgehead atoms. The van der Waals surface area contributed by atoms with Gasteiger partial charge in [0.05, 0.1) is 11.5 Å². The second kappa shape index (κ2) is 6.29. The fourth-order valence-electron chi connectivity index (χ4n) is 1.74. The van der Waals surface area contributed by atoms with Crippen molar-refractivity contribution in [3.63, 3.8) is 0 Å². The third-order valence-electron chi connectivity index (χ3n) is 2.68. The SMILES string of the molecule is COCCOC(=O)c1cc(S(N)(=O)=O)cc2c1OCCO2. The molecule has 1 aliphatic rings. The van der Waals surface area contributed by atoms with E-state index in [0.29, 0.717) is 0 Å². The van der Waals surface area contributed by atoms with Crippen molar-refractivity contribution in [1.29, 1.82) is 0 Å². The van der Waals surface area contributed by atoms with Gasteiger partial charge in [-0.1, -0.05) is 0 Å². The minimum absolute atomic E-state index is 0.0323. The van der Waals surface area contributed by atoms with Gasteiger partial charge in [0.1, 0.15) is 25.4 Å². The summed E-state index contributed by atoms with van der Waals surface area (Å²) < 4.78 is 43.3. The molecule has 1 aromatic rings. The molecule has 1 heterocycles. The van der Waals surface area contributed by atoms with Crippen molar-refractivity contribution in [2.45, 2.75) is 4.90 Å². The van der Waals surface area contributed by atoms with Crippen LogP contribution in [0.1, 0.15) is 10.4 Å². The molecule has 0 amide bonds. The van der Waals surface area contributed by atoms with E-state index in [1.807, 2.05) is 0 Å². The average molecular weight is 317 g/mol. The average Bonchev–Trinajstić information content (AvgIpc) is 2.45. The molecule has 0 spiro atoms. The van der Waals surface area contributed by atoms with Crippen molar-refractivity contribution >= 4 is 16.0 Å². The van der Waals surface area contributed by atoms with Gasteiger partial charge < -0.3 is 18.9 Å². The molecule has 0 atom stereocenters. The van der Waals surface area contributed by atoms with Crippen LogP contribution in [0.2, 0.25) is 0 Å². The number of rotatable bonds is 5. The zero-order chi connectivity index (χ0) is 15.5. The highest BCUT2D eigenvalue weighted by Gasteiger charge is 2.25. The Bertz CT molecular complexity index is 641. The number of ether oxygens (including phenoxy) is 4. The molecule has 0 aliphatic carbocycles. The second-order valence-corrected chi connectivity index (χ2v) is 5.73. The zero-order valence-electron chi connectivity index (χ0n) is 11.3. The van der Waals surface area contributed by atoms with Crippen LogP contribution in [0.15, 0.2) is 17.0 Å². The van der Waals surface area contributed by atoms with Crippen molar-refractivity contribution in [3.8, 4) is 11.5 Å². The molecule has 2 N–H and O–H groups in total. The fraction of sp³-hybridized carbons (Fsp3) is 0.417. The Morgan fingerprint density at radius 3 is 2.67 bits per heavy atom. The molecule has 1 aliphatic heterocycles. The first-order chi connectivity index (χ1) is 9.93. The summed E-state index contributed by atoms with van der Waals surface area (Å²) in [7, 11) is -2.52. The first-order valence-corrected chi connectivity index (χ1v) is 7.60. The lowest BCUT2D eigenvalue weighted by atomic mass is 10.1. The molecule has 21 heavy (non-hydrogen) atoms. The Morgan fingerprint density at radius 1 is 1.29 bits per heavy atom. The summed E-state index contributed by atoms with van der Waals surface area (Å²) in [4.78, 5) is 11.8. The maximum atomic E-state index is 12.0. The first-order valence-electron chi connectivity index (χ1n) is 6.06. The van der Waals surface area contributed by atoms with Crippen LogP contribution in [0.4, 0.5) is 0 Å². The van der Waals surface area contributed by atoms with Gasteiger partial charge in [0.15, 0.2) is 11.5 Å². The molecular weight excluding hydrogens is 302 g/mol. The van der Waals surface area contributed by atoms with Crippen LogP contribution in [0.25, 0.3) is 0 Å². The van der Waals surface area contributed by atoms with Gasteiger partial charge in [0, 0.05) is 13.2 Å². The standard InChI is InChI=1S/C12H15NO7S/c1-17-2-3-20-12(14)9-6-8(21(13,15)16)7-10-11(9)19-5-4-18-10/h6-7H,2-5H2,1H3,(H2,13,15,16). The van der Waals surface area contributed by atoms with Crippen molar-refractivity contribution < 1.29 is 32.2 Å². The molecule has 8 nitrogen and oxygen atoms in total. The summed E-state index contributed by atoms with van der Waals surface area (Å²) in [5, 5.41) is 5.08. The van der Waals surface area contributed by atoms with E-state index in [4.69, 9.17) is 24.1 Å². The summed E-state index contributed by atoms with van der Waals surface area (Å²) in [6.07, 6.45) is 0. The molecule has 0 aromatic heterocycles. The fourth-order valence-corrected chi connectivity index (χ4v) is 2.29. The highest BCUT2D eigenvalue weighted by molar-refractivity contribution is 7.89. The molecule has 116 valence electrons. The molecule has 1 aromatic carbocycles. The lowest BCUT2D eigenvalue weighted by Gasteiger charge is -2.21. The largest absolute Gasteiger partial charge is 0.486 e. The van der Waals surface area contributed by atoms with Crippen LogP contribution in [0, 0.1) is 0 Å². The first kappa shape index (κ1) is 15.5. The van der Waals surface area contributed by atoms with E-state index in [0.717, 1.165) is 6.07 Å². The lowest BCUT2D eigenvalue weighted by Crippen LogP contribution is -2.21. The van der Waals surface area contributed by atoms with E-state index >= 15 is 0 Å². The van der Waals surface area contributed by atoms with E-state index in [2.05, 4.69) is 0 Å². The van der Waals surface area contributed by atoms with Gasteiger partial charge in [0.25, 0.3) is 0 Å². The van der Waals surface area contributed by atoms with Crippen molar-refractivity contribution in [1.82, 2.24) is 0 Å². The summed E-state index contributed by atoms with van der Waals surface area (Å²) >= 11 is 0. The van der Waals surface area contributed by atoms with Gasteiger partial charge in [-0.15, -0.1) is 0 Å². The Kier molecular flexibility index (Phi) is 4.66. The van der Waals surface area contributed by atoms with Gasteiger partial charge >= 0.3 is 5.97 Å². The number of hydrogen-bond donors (Lipinski definition) is 1. The molecule has 0 unspecified atom stereocenters. The van der Waals surface area contributed by atoms with Gasteiger partial charge in [-0.05, 0) is 6.07 Å². The zero-order valence-corrected chi connectivity index (χ0v) is 12.1. The topological polar surface area (TPSA) is 114 Å². The number of methoxy groups -OCH3 is 1. The van der Waals surface area contributed by atoms with Crippen molar-refractivity contribution in [2.75, 3.05) is 33.5 Å². The van der Waals surface area contributed by atoms with Gasteiger partial charge in [-0.2, -0.15) is 0 Å². The number of primary sulfonamides is 1. The minimum atomic E-state index is -3.99. The number of carbonyl (C=O) groups is 1. The van der Waals surface area contributed by atoms with Crippen LogP contribution in [0.5, 0.6) is 11.5 Å². The smallest absolute Gasteiger partial charge is 0.342 e. The van der Waals surface area contributed by atoms with E-state index in [1.54, 1.807) is 0 Å². The number of fused-ring (bicyclic) bond motifs is 1. The van der Waals surface area contributed by atoms with Crippen LogP contribution >= 0.6 is 0 Å². The van der Waals surface area contributed by atoms with E-state index in [9.17, 15) is 13.2 Å². The highest BCUT2D eigenvalue weighted by atomic mass is 32.2. The number of carbonyl (C=O) groups excluding carboxylic acids is 1. The monoisotopic (exact) mass is 317 g/mol. The van der Waals surface area contributed by atoms with Crippen LogP contribution in [0.3, 0.4) is 0 Å². The molecule has 0 saturated carbocycles. The Balaban J connectivity index is 2.40. The van der Waals surface area contributed by atoms with E-state index in [-0.39, 0.29) is 48.4 Å². The predicted molar refractivity (Wildman–Crippen MR) is 71.0 cm³/mol. The minimum Gasteiger partial charge on any atom is -0.486 e. The quantitative estimate of drug-likeness (QED) is 0.596. The molecule has 9 heteroatoms. The third-order valence-corrected chi connectivity index (χ3v) is 3.58. The van der Waals surface area contributed by atoms with E-state index < -0.39 is 16.0 Å². The Labute approximate surface area is 121 Å². The summed E-state index contributed by atoms with van der Waals surface area (Å²) in [5.41, 5.74) is -0.0488. The normalized spacial score (nSPS) is 13.8. The van der Waals surface area contributed by atoms with Crippen molar-refractivity contribution in [2.24, 2.45) is 5.14 Å². The van der Waals surface area contributed by atoms with Gasteiger partial charge in [-0.3, -0.25) is 0 Å². The summed E-state index contributed by atoms with van der Waals surface area (Å²) in [6, 6.07) is 2.33. The van der Waals surface area contributed by atoms with Crippen molar-refractivity contribution in [3.05, 3.63) is 17.7 Å². The van der Waals surface area contributed by atoms with E-state index in [1.165, 1.54) is 13.2 Å². The molecular formula is C12H15NO7S. The van der Waals surface area contributed by atoms with Crippen LogP contribution in [-0.2, 0) is 19.5 Å². The molecule has 2 rings (SSSR count). The van der Waals surface area contributed by atoms with Gasteiger partial charge in [-0.25, -0.2) is 18.4 Å². The number of benzene rings is 1. The van der Waals surface area contributed by atoms with Crippen LogP contribution in [-0.4, -0.2) is 47.9 Å². The molecule has 0 fully saturated rings. The number of esters is 1. The number of nitrogens with two attached hydrogens (primary N) is 1. The molecule has 0 saturated heterocycles. The van der Waals surface area contributed by atoms with Gasteiger partial charge in [0.2, 0.25) is 10.0 Å². The Morgan fingerprint density at radius 2 is 2.00 bits per heavy atom. The molecule has 0 radical (unpaired) electrons. The summed E-state index contributed by atoms with van der Waals surface area (Å²) in [6.45, 7) is 0.754. The highest BCUT2D eigenvalue weighted by Crippen LogP contribution is 2.36. The van der Waals surface area contributed by atoms with Crippen LogP contribution < -0.4 is 14.6 Å². The third kappa shape index (κ3) is 3.63. The summed E-state index contributed by atoms with van der Waals surface area (Å²) in [5.74, 6) is -0.443. The predicted octanol–water partition coefficient (Wildman–Crippen LogP) is -0.0916. The Hall–Kier alpha value is -1.84. The second-order valence-electron chi connectivity index (χ2n) is 4.17. The lowest BCUT2D eigenvalue weighted by molar-refractivity contribution is 0.0379. The maximum absolute atomic E-state index is 12.0.